The average molecular weight is 246 g/mol. The third-order valence-corrected chi connectivity index (χ3v) is 2.83. The summed E-state index contributed by atoms with van der Waals surface area (Å²) in [6.45, 7) is 1.72. The Balaban J connectivity index is 2.19. The standard InChI is InChI=1S/C13H14N2O3/c1-2-10(13(17)18)15-12(16)9-3-4-11-8(7-9)5-6-14-11/h3-7,10,14H,2H2,1H3,(H,15,16)(H,17,18)/t10-/m1/s1. The van der Waals surface area contributed by atoms with E-state index in [0.717, 1.165) is 10.9 Å². The minimum absolute atomic E-state index is 0.355. The Morgan fingerprint density at radius 2 is 2.17 bits per heavy atom. The van der Waals surface area contributed by atoms with E-state index in [9.17, 15) is 9.59 Å². The number of amides is 1. The molecule has 0 saturated heterocycles. The van der Waals surface area contributed by atoms with Gasteiger partial charge < -0.3 is 15.4 Å². The van der Waals surface area contributed by atoms with Crippen molar-refractivity contribution in [1.29, 1.82) is 0 Å². The zero-order chi connectivity index (χ0) is 13.1. The van der Waals surface area contributed by atoms with Crippen LogP contribution >= 0.6 is 0 Å². The van der Waals surface area contributed by atoms with Crippen LogP contribution in [0.15, 0.2) is 30.5 Å². The van der Waals surface area contributed by atoms with E-state index < -0.39 is 12.0 Å². The molecule has 0 bridgehead atoms. The molecule has 1 heterocycles. The van der Waals surface area contributed by atoms with Crippen LogP contribution in [0.4, 0.5) is 0 Å². The highest BCUT2D eigenvalue weighted by molar-refractivity contribution is 5.99. The number of benzene rings is 1. The molecule has 0 radical (unpaired) electrons. The predicted molar refractivity (Wildman–Crippen MR) is 67.5 cm³/mol. The average Bonchev–Trinajstić information content (AvgIpc) is 2.82. The molecule has 3 N–H and O–H groups in total. The van der Waals surface area contributed by atoms with Gasteiger partial charge in [-0.2, -0.15) is 0 Å². The highest BCUT2D eigenvalue weighted by Crippen LogP contribution is 2.14. The van der Waals surface area contributed by atoms with Crippen LogP contribution in [0, 0.1) is 0 Å². The van der Waals surface area contributed by atoms with Gasteiger partial charge in [-0.15, -0.1) is 0 Å². The number of carbonyl (C=O) groups is 2. The quantitative estimate of drug-likeness (QED) is 0.768. The number of H-pyrrole nitrogens is 1. The Hall–Kier alpha value is -2.30. The number of fused-ring (bicyclic) bond motifs is 1. The van der Waals surface area contributed by atoms with Gasteiger partial charge in [-0.05, 0) is 30.7 Å². The number of hydrogen-bond acceptors (Lipinski definition) is 2. The molecular weight excluding hydrogens is 232 g/mol. The first-order valence-corrected chi connectivity index (χ1v) is 5.72. The van der Waals surface area contributed by atoms with E-state index >= 15 is 0 Å². The van der Waals surface area contributed by atoms with Crippen LogP contribution < -0.4 is 5.32 Å². The van der Waals surface area contributed by atoms with Crippen molar-refractivity contribution < 1.29 is 14.7 Å². The summed E-state index contributed by atoms with van der Waals surface area (Å²) in [5.74, 6) is -1.39. The van der Waals surface area contributed by atoms with E-state index in [2.05, 4.69) is 10.3 Å². The lowest BCUT2D eigenvalue weighted by molar-refractivity contribution is -0.139. The molecule has 5 nitrogen and oxygen atoms in total. The molecule has 0 spiro atoms. The molecule has 1 atom stereocenters. The topological polar surface area (TPSA) is 82.2 Å². The second-order valence-electron chi connectivity index (χ2n) is 4.05. The number of hydrogen-bond donors (Lipinski definition) is 3. The third kappa shape index (κ3) is 2.34. The number of rotatable bonds is 4. The summed E-state index contributed by atoms with van der Waals surface area (Å²) in [7, 11) is 0. The summed E-state index contributed by atoms with van der Waals surface area (Å²) < 4.78 is 0. The monoisotopic (exact) mass is 246 g/mol. The maximum absolute atomic E-state index is 11.9. The van der Waals surface area contributed by atoms with Crippen molar-refractivity contribution >= 4 is 22.8 Å². The van der Waals surface area contributed by atoms with Crippen molar-refractivity contribution in [2.45, 2.75) is 19.4 Å². The van der Waals surface area contributed by atoms with Gasteiger partial charge >= 0.3 is 5.97 Å². The molecule has 0 unspecified atom stereocenters. The SMILES string of the molecule is CC[C@@H](NC(=O)c1ccc2[nH]ccc2c1)C(=O)O. The molecule has 0 aliphatic heterocycles. The van der Waals surface area contributed by atoms with Gasteiger partial charge in [0.05, 0.1) is 0 Å². The highest BCUT2D eigenvalue weighted by Gasteiger charge is 2.18. The Labute approximate surface area is 104 Å². The van der Waals surface area contributed by atoms with E-state index in [4.69, 9.17) is 5.11 Å². The number of aromatic nitrogens is 1. The molecule has 1 aromatic carbocycles. The Morgan fingerprint density at radius 3 is 2.83 bits per heavy atom. The fraction of sp³-hybridized carbons (Fsp3) is 0.231. The second-order valence-corrected chi connectivity index (χ2v) is 4.05. The van der Waals surface area contributed by atoms with Crippen LogP contribution in [0.25, 0.3) is 10.9 Å². The lowest BCUT2D eigenvalue weighted by atomic mass is 10.1. The molecule has 0 aliphatic carbocycles. The van der Waals surface area contributed by atoms with Crippen molar-refractivity contribution in [3.63, 3.8) is 0 Å². The van der Waals surface area contributed by atoms with Crippen LogP contribution in [0.3, 0.4) is 0 Å². The first kappa shape index (κ1) is 12.2. The van der Waals surface area contributed by atoms with E-state index in [-0.39, 0.29) is 5.91 Å². The van der Waals surface area contributed by atoms with E-state index in [1.54, 1.807) is 31.3 Å². The molecule has 1 amide bonds. The minimum atomic E-state index is -1.02. The molecular formula is C13H14N2O3. The van der Waals surface area contributed by atoms with Crippen molar-refractivity contribution in [3.05, 3.63) is 36.0 Å². The Kier molecular flexibility index (Phi) is 3.32. The summed E-state index contributed by atoms with van der Waals surface area (Å²) in [5.41, 5.74) is 1.40. The van der Waals surface area contributed by atoms with Gasteiger partial charge in [-0.25, -0.2) is 4.79 Å². The first-order chi connectivity index (χ1) is 8.61. The van der Waals surface area contributed by atoms with Gasteiger partial charge in [0.15, 0.2) is 0 Å². The van der Waals surface area contributed by atoms with Gasteiger partial charge in [0.1, 0.15) is 6.04 Å². The van der Waals surface area contributed by atoms with Crippen molar-refractivity contribution in [3.8, 4) is 0 Å². The maximum atomic E-state index is 11.9. The smallest absolute Gasteiger partial charge is 0.326 e. The molecule has 0 fully saturated rings. The van der Waals surface area contributed by atoms with Gasteiger partial charge in [-0.1, -0.05) is 6.92 Å². The van der Waals surface area contributed by atoms with Crippen molar-refractivity contribution in [1.82, 2.24) is 10.3 Å². The fourth-order valence-electron chi connectivity index (χ4n) is 1.77. The van der Waals surface area contributed by atoms with E-state index in [1.807, 2.05) is 6.07 Å². The third-order valence-electron chi connectivity index (χ3n) is 2.83. The fourth-order valence-corrected chi connectivity index (χ4v) is 1.77. The van der Waals surface area contributed by atoms with E-state index in [0.29, 0.717) is 12.0 Å². The molecule has 2 rings (SSSR count). The Bertz CT molecular complexity index is 589. The van der Waals surface area contributed by atoms with Crippen LogP contribution in [-0.2, 0) is 4.79 Å². The zero-order valence-corrected chi connectivity index (χ0v) is 9.93. The maximum Gasteiger partial charge on any atom is 0.326 e. The van der Waals surface area contributed by atoms with Gasteiger partial charge in [0, 0.05) is 22.7 Å². The molecule has 0 aliphatic rings. The zero-order valence-electron chi connectivity index (χ0n) is 9.93. The van der Waals surface area contributed by atoms with Gasteiger partial charge in [0.25, 0.3) is 5.91 Å². The second kappa shape index (κ2) is 4.91. The number of carbonyl (C=O) groups excluding carboxylic acids is 1. The molecule has 5 heteroatoms. The first-order valence-electron chi connectivity index (χ1n) is 5.72. The summed E-state index contributed by atoms with van der Waals surface area (Å²) in [5, 5.41) is 12.3. The van der Waals surface area contributed by atoms with E-state index in [1.165, 1.54) is 0 Å². The summed E-state index contributed by atoms with van der Waals surface area (Å²) in [6.07, 6.45) is 2.14. The largest absolute Gasteiger partial charge is 0.480 e. The Morgan fingerprint density at radius 1 is 1.39 bits per heavy atom. The molecule has 1 aromatic heterocycles. The molecule has 2 aromatic rings. The van der Waals surface area contributed by atoms with Crippen LogP contribution in [0.1, 0.15) is 23.7 Å². The minimum Gasteiger partial charge on any atom is -0.480 e. The lowest BCUT2D eigenvalue weighted by Gasteiger charge is -2.12. The normalized spacial score (nSPS) is 12.3. The van der Waals surface area contributed by atoms with Crippen molar-refractivity contribution in [2.75, 3.05) is 0 Å². The van der Waals surface area contributed by atoms with Crippen LogP contribution in [0.5, 0.6) is 0 Å². The number of aromatic amines is 1. The number of carboxylic acids is 1. The summed E-state index contributed by atoms with van der Waals surface area (Å²) in [4.78, 5) is 25.8. The summed E-state index contributed by atoms with van der Waals surface area (Å²) in [6, 6.07) is 6.21. The number of aliphatic carboxylic acids is 1. The van der Waals surface area contributed by atoms with Crippen LogP contribution in [0.2, 0.25) is 0 Å². The predicted octanol–water partition coefficient (Wildman–Crippen LogP) is 1.76. The van der Waals surface area contributed by atoms with Gasteiger partial charge in [0.2, 0.25) is 0 Å². The highest BCUT2D eigenvalue weighted by atomic mass is 16.4. The summed E-state index contributed by atoms with van der Waals surface area (Å²) >= 11 is 0. The number of carboxylic acid groups (broad SMARTS) is 1. The molecule has 18 heavy (non-hydrogen) atoms. The number of nitrogens with one attached hydrogen (secondary N) is 2. The molecule has 0 saturated carbocycles. The lowest BCUT2D eigenvalue weighted by Crippen LogP contribution is -2.40. The van der Waals surface area contributed by atoms with Gasteiger partial charge in [-0.3, -0.25) is 4.79 Å². The van der Waals surface area contributed by atoms with Crippen molar-refractivity contribution in [2.24, 2.45) is 0 Å². The molecule has 94 valence electrons. The van der Waals surface area contributed by atoms with Crippen LogP contribution in [-0.4, -0.2) is 28.0 Å².